The van der Waals surface area contributed by atoms with E-state index in [0.29, 0.717) is 22.7 Å². The predicted octanol–water partition coefficient (Wildman–Crippen LogP) is 5.61. The lowest BCUT2D eigenvalue weighted by atomic mass is 9.65. The SMILES string of the molecule is CC(C)C1=C(C(C)(C)C)CC=CC1C(C)(C)C. The molecule has 0 saturated heterocycles. The standard InChI is InChI=1S/C17H30/c1-12(2)15-13(16(3,4)5)10-9-11-14(15)17(6,7)8/h9-10,12-13H,11H2,1-8H3. The van der Waals surface area contributed by atoms with Crippen LogP contribution in [0, 0.1) is 22.7 Å². The van der Waals surface area contributed by atoms with Crippen LogP contribution in [0.4, 0.5) is 0 Å². The van der Waals surface area contributed by atoms with Crippen LogP contribution in [0.5, 0.6) is 0 Å². The van der Waals surface area contributed by atoms with E-state index in [9.17, 15) is 0 Å². The minimum Gasteiger partial charge on any atom is -0.0838 e. The highest BCUT2D eigenvalue weighted by Crippen LogP contribution is 2.45. The van der Waals surface area contributed by atoms with E-state index in [0.717, 1.165) is 6.42 Å². The number of hydrogen-bond acceptors (Lipinski definition) is 0. The Balaban J connectivity index is 3.30. The highest BCUT2D eigenvalue weighted by atomic mass is 14.4. The third kappa shape index (κ3) is 3.24. The van der Waals surface area contributed by atoms with E-state index < -0.39 is 0 Å². The van der Waals surface area contributed by atoms with Gasteiger partial charge in [0.15, 0.2) is 0 Å². The van der Waals surface area contributed by atoms with Gasteiger partial charge >= 0.3 is 0 Å². The molecule has 98 valence electrons. The molecule has 0 spiro atoms. The lowest BCUT2D eigenvalue weighted by molar-refractivity contribution is 0.300. The monoisotopic (exact) mass is 234 g/mol. The Bertz CT molecular complexity index is 326. The fourth-order valence-corrected chi connectivity index (χ4v) is 2.93. The molecule has 0 aromatic rings. The molecule has 0 nitrogen and oxygen atoms in total. The van der Waals surface area contributed by atoms with E-state index in [1.165, 1.54) is 0 Å². The molecule has 0 N–H and O–H groups in total. The van der Waals surface area contributed by atoms with Crippen molar-refractivity contribution in [1.29, 1.82) is 0 Å². The molecule has 0 bridgehead atoms. The molecule has 0 fully saturated rings. The van der Waals surface area contributed by atoms with Crippen LogP contribution in [0.1, 0.15) is 61.8 Å². The number of allylic oxidation sites excluding steroid dienone is 4. The second-order valence-electron chi connectivity index (χ2n) is 7.81. The molecule has 0 amide bonds. The molecule has 0 saturated carbocycles. The first kappa shape index (κ1) is 14.5. The van der Waals surface area contributed by atoms with Gasteiger partial charge in [0.1, 0.15) is 0 Å². The molecular weight excluding hydrogens is 204 g/mol. The molecule has 1 aliphatic rings. The Labute approximate surface area is 108 Å². The maximum atomic E-state index is 2.44. The van der Waals surface area contributed by atoms with Crippen LogP contribution in [0.15, 0.2) is 23.3 Å². The van der Waals surface area contributed by atoms with Crippen molar-refractivity contribution >= 4 is 0 Å². The lowest BCUT2D eigenvalue weighted by Gasteiger charge is -2.40. The molecule has 1 aliphatic carbocycles. The van der Waals surface area contributed by atoms with Crippen LogP contribution in [-0.2, 0) is 0 Å². The van der Waals surface area contributed by atoms with E-state index in [1.807, 2.05) is 0 Å². The van der Waals surface area contributed by atoms with Crippen molar-refractivity contribution in [3.05, 3.63) is 23.3 Å². The van der Waals surface area contributed by atoms with Gasteiger partial charge in [-0.2, -0.15) is 0 Å². The van der Waals surface area contributed by atoms with Crippen molar-refractivity contribution in [1.82, 2.24) is 0 Å². The zero-order chi connectivity index (χ0) is 13.4. The first-order valence-corrected chi connectivity index (χ1v) is 6.95. The number of rotatable bonds is 1. The maximum Gasteiger partial charge on any atom is 0.00310 e. The molecule has 0 heterocycles. The van der Waals surface area contributed by atoms with Crippen LogP contribution >= 0.6 is 0 Å². The second-order valence-corrected chi connectivity index (χ2v) is 7.81. The molecule has 17 heavy (non-hydrogen) atoms. The van der Waals surface area contributed by atoms with E-state index in [4.69, 9.17) is 0 Å². The highest BCUT2D eigenvalue weighted by Gasteiger charge is 2.33. The summed E-state index contributed by atoms with van der Waals surface area (Å²) >= 11 is 0. The quantitative estimate of drug-likeness (QED) is 0.517. The average molecular weight is 234 g/mol. The summed E-state index contributed by atoms with van der Waals surface area (Å²) in [5.74, 6) is 1.25. The summed E-state index contributed by atoms with van der Waals surface area (Å²) in [5, 5.41) is 0. The molecule has 0 heteroatoms. The summed E-state index contributed by atoms with van der Waals surface area (Å²) < 4.78 is 0. The summed E-state index contributed by atoms with van der Waals surface area (Å²) in [7, 11) is 0. The van der Waals surface area contributed by atoms with Crippen LogP contribution < -0.4 is 0 Å². The van der Waals surface area contributed by atoms with Gasteiger partial charge in [-0.3, -0.25) is 0 Å². The van der Waals surface area contributed by atoms with E-state index in [2.05, 4.69) is 67.5 Å². The summed E-state index contributed by atoms with van der Waals surface area (Å²) in [6.07, 6.45) is 5.95. The second kappa shape index (κ2) is 4.63. The van der Waals surface area contributed by atoms with Crippen LogP contribution in [0.3, 0.4) is 0 Å². The summed E-state index contributed by atoms with van der Waals surface area (Å²) in [6, 6.07) is 0. The topological polar surface area (TPSA) is 0 Å². The van der Waals surface area contributed by atoms with Gasteiger partial charge in [-0.15, -0.1) is 0 Å². The average Bonchev–Trinajstić information content (AvgIpc) is 2.13. The smallest absolute Gasteiger partial charge is 0.00310 e. The molecule has 0 aromatic heterocycles. The Morgan fingerprint density at radius 2 is 1.59 bits per heavy atom. The van der Waals surface area contributed by atoms with Gasteiger partial charge in [-0.25, -0.2) is 0 Å². The Morgan fingerprint density at radius 3 is 1.94 bits per heavy atom. The predicted molar refractivity (Wildman–Crippen MR) is 78.0 cm³/mol. The van der Waals surface area contributed by atoms with E-state index in [1.54, 1.807) is 11.1 Å². The summed E-state index contributed by atoms with van der Waals surface area (Å²) in [4.78, 5) is 0. The van der Waals surface area contributed by atoms with Crippen LogP contribution in [0.25, 0.3) is 0 Å². The van der Waals surface area contributed by atoms with Crippen molar-refractivity contribution in [2.45, 2.75) is 61.8 Å². The van der Waals surface area contributed by atoms with Gasteiger partial charge in [0.25, 0.3) is 0 Å². The molecule has 0 aliphatic heterocycles. The fraction of sp³-hybridized carbons (Fsp3) is 0.765. The van der Waals surface area contributed by atoms with E-state index in [-0.39, 0.29) is 0 Å². The van der Waals surface area contributed by atoms with Crippen LogP contribution in [0.2, 0.25) is 0 Å². The largest absolute Gasteiger partial charge is 0.0838 e. The third-order valence-corrected chi connectivity index (χ3v) is 3.79. The Morgan fingerprint density at radius 1 is 1.06 bits per heavy atom. The van der Waals surface area contributed by atoms with E-state index >= 15 is 0 Å². The van der Waals surface area contributed by atoms with Crippen LogP contribution in [-0.4, -0.2) is 0 Å². The van der Waals surface area contributed by atoms with Crippen molar-refractivity contribution in [3.63, 3.8) is 0 Å². The normalized spacial score (nSPS) is 22.5. The van der Waals surface area contributed by atoms with Gasteiger partial charge in [-0.05, 0) is 23.2 Å². The lowest BCUT2D eigenvalue weighted by Crippen LogP contribution is -2.28. The zero-order valence-corrected chi connectivity index (χ0v) is 13.0. The number of hydrogen-bond donors (Lipinski definition) is 0. The molecule has 1 atom stereocenters. The first-order valence-electron chi connectivity index (χ1n) is 6.95. The van der Waals surface area contributed by atoms with Crippen molar-refractivity contribution in [2.75, 3.05) is 0 Å². The summed E-state index contributed by atoms with van der Waals surface area (Å²) in [5.41, 5.74) is 3.98. The summed E-state index contributed by atoms with van der Waals surface area (Å²) in [6.45, 7) is 18.8. The zero-order valence-electron chi connectivity index (χ0n) is 13.0. The van der Waals surface area contributed by atoms with Crippen molar-refractivity contribution in [3.8, 4) is 0 Å². The molecule has 0 aromatic carbocycles. The maximum absolute atomic E-state index is 2.44. The van der Waals surface area contributed by atoms with Crippen molar-refractivity contribution < 1.29 is 0 Å². The molecular formula is C17H30. The Hall–Kier alpha value is -0.520. The van der Waals surface area contributed by atoms with Gasteiger partial charge in [-0.1, -0.05) is 78.7 Å². The minimum absolute atomic E-state index is 0.299. The first-order chi connectivity index (χ1) is 7.55. The van der Waals surface area contributed by atoms with Gasteiger partial charge in [0.05, 0.1) is 0 Å². The fourth-order valence-electron chi connectivity index (χ4n) is 2.93. The van der Waals surface area contributed by atoms with Gasteiger partial charge in [0.2, 0.25) is 0 Å². The molecule has 1 unspecified atom stereocenters. The van der Waals surface area contributed by atoms with Gasteiger partial charge in [0, 0.05) is 5.92 Å². The van der Waals surface area contributed by atoms with Crippen molar-refractivity contribution in [2.24, 2.45) is 22.7 Å². The highest BCUT2D eigenvalue weighted by molar-refractivity contribution is 5.33. The Kier molecular flexibility index (Phi) is 3.96. The van der Waals surface area contributed by atoms with Gasteiger partial charge < -0.3 is 0 Å². The minimum atomic E-state index is 0.299. The molecule has 1 rings (SSSR count). The third-order valence-electron chi connectivity index (χ3n) is 3.79. The molecule has 0 radical (unpaired) electrons.